The molecule has 0 aromatic heterocycles. The number of aromatic hydroxyl groups is 3. The summed E-state index contributed by atoms with van der Waals surface area (Å²) in [4.78, 5) is 0. The summed E-state index contributed by atoms with van der Waals surface area (Å²) in [5.74, 6) is 1.47. The highest BCUT2D eigenvalue weighted by Crippen LogP contribution is 2.54. The third-order valence-electron chi connectivity index (χ3n) is 8.29. The van der Waals surface area contributed by atoms with Crippen LogP contribution >= 0.6 is 0 Å². The Bertz CT molecular complexity index is 990. The molecule has 3 N–H and O–H groups in total. The normalized spacial score (nSPS) is 16.4. The van der Waals surface area contributed by atoms with Crippen molar-refractivity contribution in [1.82, 2.24) is 0 Å². The second kappa shape index (κ2) is 10.1. The van der Waals surface area contributed by atoms with Crippen LogP contribution in [0.25, 0.3) is 0 Å². The molecule has 0 atom stereocenters. The topological polar surface area (TPSA) is 60.7 Å². The van der Waals surface area contributed by atoms with Crippen LogP contribution in [0.2, 0.25) is 0 Å². The molecular weight excluding hydrogens is 420 g/mol. The van der Waals surface area contributed by atoms with Gasteiger partial charge in [0.15, 0.2) is 0 Å². The molecule has 3 heteroatoms. The standard InChI is InChI=1S/C31H38O3/c1-3-19-30(20-4-2,23-5-11-27(32)12-6-23)26-17-21-31(22-18-26,24-7-13-28(33)14-8-24)25-9-15-29(34)16-10-25/h5-16,26,32-34H,3-4,17-22H2,1-2H3. The van der Waals surface area contributed by atoms with Gasteiger partial charge in [-0.05, 0) is 103 Å². The fourth-order valence-corrected chi connectivity index (χ4v) is 6.71. The van der Waals surface area contributed by atoms with Gasteiger partial charge in [-0.1, -0.05) is 63.1 Å². The first kappa shape index (κ1) is 24.2. The van der Waals surface area contributed by atoms with Crippen molar-refractivity contribution in [2.45, 2.75) is 76.0 Å². The Labute approximate surface area is 204 Å². The van der Waals surface area contributed by atoms with Crippen molar-refractivity contribution in [3.8, 4) is 17.2 Å². The highest BCUT2D eigenvalue weighted by atomic mass is 16.3. The van der Waals surface area contributed by atoms with Crippen LogP contribution in [0.1, 0.15) is 81.9 Å². The Balaban J connectivity index is 1.72. The first-order valence-corrected chi connectivity index (χ1v) is 12.8. The number of rotatable bonds is 8. The molecule has 0 bridgehead atoms. The minimum Gasteiger partial charge on any atom is -0.508 e. The average molecular weight is 459 g/mol. The van der Waals surface area contributed by atoms with E-state index in [1.807, 2.05) is 12.1 Å². The van der Waals surface area contributed by atoms with Crippen LogP contribution in [0.3, 0.4) is 0 Å². The molecule has 3 aromatic rings. The zero-order valence-electron chi connectivity index (χ0n) is 20.5. The van der Waals surface area contributed by atoms with E-state index in [1.165, 1.54) is 16.7 Å². The number of hydrogen-bond acceptors (Lipinski definition) is 3. The highest BCUT2D eigenvalue weighted by molar-refractivity contribution is 5.44. The van der Waals surface area contributed by atoms with Crippen molar-refractivity contribution in [1.29, 1.82) is 0 Å². The molecule has 34 heavy (non-hydrogen) atoms. The molecule has 0 unspecified atom stereocenters. The molecule has 0 heterocycles. The molecule has 0 saturated heterocycles. The summed E-state index contributed by atoms with van der Waals surface area (Å²) in [7, 11) is 0. The Morgan fingerprint density at radius 2 is 1.03 bits per heavy atom. The quantitative estimate of drug-likeness (QED) is 0.322. The SMILES string of the molecule is CCCC(CCC)(c1ccc(O)cc1)C1CCC(c2ccc(O)cc2)(c2ccc(O)cc2)CC1. The lowest BCUT2D eigenvalue weighted by Crippen LogP contribution is -2.42. The Morgan fingerprint density at radius 3 is 1.41 bits per heavy atom. The third kappa shape index (κ3) is 4.53. The molecule has 180 valence electrons. The van der Waals surface area contributed by atoms with Crippen LogP contribution in [0.5, 0.6) is 17.2 Å². The van der Waals surface area contributed by atoms with Gasteiger partial charge in [0.25, 0.3) is 0 Å². The fraction of sp³-hybridized carbons (Fsp3) is 0.419. The van der Waals surface area contributed by atoms with Crippen molar-refractivity contribution in [3.05, 3.63) is 89.5 Å². The highest BCUT2D eigenvalue weighted by Gasteiger charge is 2.45. The van der Waals surface area contributed by atoms with E-state index in [9.17, 15) is 15.3 Å². The van der Waals surface area contributed by atoms with Gasteiger partial charge in [-0.25, -0.2) is 0 Å². The third-order valence-corrected chi connectivity index (χ3v) is 8.29. The van der Waals surface area contributed by atoms with Gasteiger partial charge in [-0.2, -0.15) is 0 Å². The molecule has 3 aromatic carbocycles. The molecule has 0 amide bonds. The van der Waals surface area contributed by atoms with Gasteiger partial charge in [-0.3, -0.25) is 0 Å². The maximum atomic E-state index is 9.92. The monoisotopic (exact) mass is 458 g/mol. The van der Waals surface area contributed by atoms with Gasteiger partial charge in [-0.15, -0.1) is 0 Å². The van der Waals surface area contributed by atoms with Gasteiger partial charge in [0.05, 0.1) is 0 Å². The predicted octanol–water partition coefficient (Wildman–Crippen LogP) is 7.82. The number of benzene rings is 3. The summed E-state index contributed by atoms with van der Waals surface area (Å²) >= 11 is 0. The summed E-state index contributed by atoms with van der Waals surface area (Å²) < 4.78 is 0. The lowest BCUT2D eigenvalue weighted by molar-refractivity contribution is 0.143. The van der Waals surface area contributed by atoms with Crippen LogP contribution in [-0.4, -0.2) is 15.3 Å². The van der Waals surface area contributed by atoms with E-state index in [-0.39, 0.29) is 22.3 Å². The zero-order valence-corrected chi connectivity index (χ0v) is 20.5. The van der Waals surface area contributed by atoms with Crippen molar-refractivity contribution in [2.24, 2.45) is 5.92 Å². The van der Waals surface area contributed by atoms with Crippen molar-refractivity contribution >= 4 is 0 Å². The minimum atomic E-state index is -0.128. The van der Waals surface area contributed by atoms with Crippen LogP contribution < -0.4 is 0 Å². The fourth-order valence-electron chi connectivity index (χ4n) is 6.71. The number of phenolic OH excluding ortho intramolecular Hbond substituents is 3. The molecule has 1 saturated carbocycles. The lowest BCUT2D eigenvalue weighted by atomic mass is 9.55. The minimum absolute atomic E-state index is 0.118. The van der Waals surface area contributed by atoms with Crippen LogP contribution in [0.15, 0.2) is 72.8 Å². The van der Waals surface area contributed by atoms with Crippen molar-refractivity contribution in [3.63, 3.8) is 0 Å². The number of hydrogen-bond donors (Lipinski definition) is 3. The molecular formula is C31H38O3. The van der Waals surface area contributed by atoms with Gasteiger partial charge in [0.2, 0.25) is 0 Å². The van der Waals surface area contributed by atoms with Gasteiger partial charge in [0.1, 0.15) is 17.2 Å². The summed E-state index contributed by atoms with van der Waals surface area (Å²) in [6.45, 7) is 4.57. The molecule has 1 fully saturated rings. The Hall–Kier alpha value is -2.94. The first-order valence-electron chi connectivity index (χ1n) is 12.8. The van der Waals surface area contributed by atoms with Gasteiger partial charge >= 0.3 is 0 Å². The molecule has 1 aliphatic carbocycles. The molecule has 4 rings (SSSR count). The Morgan fingerprint density at radius 1 is 0.647 bits per heavy atom. The Kier molecular flexibility index (Phi) is 7.21. The van der Waals surface area contributed by atoms with E-state index >= 15 is 0 Å². The molecule has 0 radical (unpaired) electrons. The van der Waals surface area contributed by atoms with Gasteiger partial charge in [0, 0.05) is 5.41 Å². The largest absolute Gasteiger partial charge is 0.508 e. The van der Waals surface area contributed by atoms with Crippen LogP contribution in [0.4, 0.5) is 0 Å². The van der Waals surface area contributed by atoms with Crippen LogP contribution in [0, 0.1) is 5.92 Å². The number of phenols is 3. The summed E-state index contributed by atoms with van der Waals surface area (Å²) in [5.41, 5.74) is 3.82. The second-order valence-electron chi connectivity index (χ2n) is 10.2. The summed E-state index contributed by atoms with van der Waals surface area (Å²) in [6.07, 6.45) is 8.87. The zero-order chi connectivity index (χ0) is 24.2. The molecule has 1 aliphatic rings. The van der Waals surface area contributed by atoms with E-state index in [1.54, 1.807) is 24.3 Å². The van der Waals surface area contributed by atoms with Gasteiger partial charge < -0.3 is 15.3 Å². The van der Waals surface area contributed by atoms with Crippen LogP contribution in [-0.2, 0) is 10.8 Å². The second-order valence-corrected chi connectivity index (χ2v) is 10.2. The smallest absolute Gasteiger partial charge is 0.115 e. The van der Waals surface area contributed by atoms with E-state index in [2.05, 4.69) is 50.2 Å². The maximum Gasteiger partial charge on any atom is 0.115 e. The van der Waals surface area contributed by atoms with E-state index in [0.717, 1.165) is 51.4 Å². The molecule has 0 aliphatic heterocycles. The van der Waals surface area contributed by atoms with E-state index in [0.29, 0.717) is 11.7 Å². The maximum absolute atomic E-state index is 9.92. The van der Waals surface area contributed by atoms with E-state index in [4.69, 9.17) is 0 Å². The van der Waals surface area contributed by atoms with E-state index < -0.39 is 0 Å². The van der Waals surface area contributed by atoms with Crippen molar-refractivity contribution < 1.29 is 15.3 Å². The van der Waals surface area contributed by atoms with Crippen molar-refractivity contribution in [2.75, 3.05) is 0 Å². The molecule has 3 nitrogen and oxygen atoms in total. The molecule has 0 spiro atoms. The predicted molar refractivity (Wildman–Crippen MR) is 139 cm³/mol. The summed E-state index contributed by atoms with van der Waals surface area (Å²) in [5, 5.41) is 29.7. The lowest BCUT2D eigenvalue weighted by Gasteiger charge is -2.49. The average Bonchev–Trinajstić information content (AvgIpc) is 2.85. The first-order chi connectivity index (χ1) is 16.4. The summed E-state index contributed by atoms with van der Waals surface area (Å²) in [6, 6.07) is 23.4.